The van der Waals surface area contributed by atoms with Gasteiger partial charge >= 0.3 is 6.18 Å². The summed E-state index contributed by atoms with van der Waals surface area (Å²) in [5.41, 5.74) is 6.60. The maximum Gasteiger partial charge on any atom is 0.405 e. The van der Waals surface area contributed by atoms with E-state index < -0.39 is 36.6 Å². The number of amides is 2. The Morgan fingerprint density at radius 2 is 2.12 bits per heavy atom. The molecule has 0 bridgehead atoms. The molecular weight excluding hydrogens is 327 g/mol. The number of phenolic OH excluding ortho intramolecular Hbond substituents is 1. The lowest BCUT2D eigenvalue weighted by Gasteiger charge is -2.27. The summed E-state index contributed by atoms with van der Waals surface area (Å²) in [6.07, 6.45) is -4.22. The third-order valence-electron chi connectivity index (χ3n) is 3.81. The Bertz CT molecular complexity index is 649. The molecule has 0 aromatic heterocycles. The van der Waals surface area contributed by atoms with Gasteiger partial charge in [0.1, 0.15) is 18.3 Å². The molecule has 2 atom stereocenters. The van der Waals surface area contributed by atoms with Gasteiger partial charge in [0.15, 0.2) is 0 Å². The normalized spacial score (nSPS) is 18.2. The number of halogens is 3. The average molecular weight is 345 g/mol. The Labute approximate surface area is 136 Å². The molecule has 1 unspecified atom stereocenters. The molecule has 1 aliphatic heterocycles. The van der Waals surface area contributed by atoms with E-state index in [1.807, 2.05) is 0 Å². The third kappa shape index (κ3) is 3.78. The molecule has 0 fully saturated rings. The molecule has 2 amide bonds. The van der Waals surface area contributed by atoms with Crippen LogP contribution in [0, 0.1) is 0 Å². The average Bonchev–Trinajstić information content (AvgIpc) is 2.88. The highest BCUT2D eigenvalue weighted by molar-refractivity contribution is 6.05. The van der Waals surface area contributed by atoms with E-state index in [4.69, 9.17) is 5.73 Å². The lowest BCUT2D eigenvalue weighted by molar-refractivity contribution is -0.139. The summed E-state index contributed by atoms with van der Waals surface area (Å²) in [4.78, 5) is 25.8. The van der Waals surface area contributed by atoms with Crippen LogP contribution in [0.4, 0.5) is 18.9 Å². The van der Waals surface area contributed by atoms with Crippen LogP contribution in [0.15, 0.2) is 18.2 Å². The number of carbonyl (C=O) groups excluding carboxylic acids is 2. The Morgan fingerprint density at radius 1 is 1.46 bits per heavy atom. The predicted molar refractivity (Wildman–Crippen MR) is 80.4 cm³/mol. The van der Waals surface area contributed by atoms with Gasteiger partial charge in [0.2, 0.25) is 11.8 Å². The molecule has 0 saturated heterocycles. The molecule has 0 spiro atoms. The number of fused-ring (bicyclic) bond motifs is 1. The van der Waals surface area contributed by atoms with Crippen LogP contribution in [0.3, 0.4) is 0 Å². The molecule has 2 rings (SSSR count). The lowest BCUT2D eigenvalue weighted by atomic mass is 10.1. The summed E-state index contributed by atoms with van der Waals surface area (Å²) in [6.45, 7) is 0.209. The van der Waals surface area contributed by atoms with Gasteiger partial charge in [-0.3, -0.25) is 14.5 Å². The van der Waals surface area contributed by atoms with Gasteiger partial charge in [-0.2, -0.15) is 13.2 Å². The quantitative estimate of drug-likeness (QED) is 0.760. The van der Waals surface area contributed by atoms with Crippen LogP contribution in [0.2, 0.25) is 0 Å². The standard InChI is InChI=1S/C15H18F3N3O3/c1-2-10(19)14(24)21-11-4-3-9(22)5-8(11)6-12(21)13(23)20-7-15(16,17)18/h3-5,10,12,22H,2,6-7,19H2,1H3,(H,20,23)/t10-,12?/m0/s1. The zero-order chi connectivity index (χ0) is 18.1. The number of hydrogen-bond acceptors (Lipinski definition) is 4. The fourth-order valence-electron chi connectivity index (χ4n) is 2.58. The Kier molecular flexibility index (Phi) is 5.02. The van der Waals surface area contributed by atoms with Crippen LogP contribution in [-0.4, -0.2) is 41.7 Å². The number of benzene rings is 1. The number of alkyl halides is 3. The number of nitrogens with two attached hydrogens (primary N) is 1. The molecule has 1 aromatic rings. The van der Waals surface area contributed by atoms with E-state index in [1.165, 1.54) is 18.2 Å². The number of nitrogens with zero attached hydrogens (tertiary/aromatic N) is 1. The fraction of sp³-hybridized carbons (Fsp3) is 0.467. The number of rotatable bonds is 4. The van der Waals surface area contributed by atoms with Crippen molar-refractivity contribution in [2.45, 2.75) is 38.0 Å². The number of phenols is 1. The summed E-state index contributed by atoms with van der Waals surface area (Å²) in [5, 5.41) is 11.3. The Balaban J connectivity index is 2.29. The van der Waals surface area contributed by atoms with Crippen molar-refractivity contribution in [1.29, 1.82) is 0 Å². The van der Waals surface area contributed by atoms with Crippen molar-refractivity contribution >= 4 is 17.5 Å². The number of hydrogen-bond donors (Lipinski definition) is 3. The Morgan fingerprint density at radius 3 is 2.71 bits per heavy atom. The van der Waals surface area contributed by atoms with Gasteiger partial charge in [-0.15, -0.1) is 0 Å². The maximum absolute atomic E-state index is 12.5. The molecule has 0 radical (unpaired) electrons. The number of aromatic hydroxyl groups is 1. The van der Waals surface area contributed by atoms with Crippen molar-refractivity contribution in [2.75, 3.05) is 11.4 Å². The smallest absolute Gasteiger partial charge is 0.405 e. The molecule has 0 saturated carbocycles. The second-order valence-electron chi connectivity index (χ2n) is 5.59. The SMILES string of the molecule is CC[C@H](N)C(=O)N1c2ccc(O)cc2CC1C(=O)NCC(F)(F)F. The molecule has 132 valence electrons. The molecule has 1 aromatic carbocycles. The van der Waals surface area contributed by atoms with E-state index in [0.717, 1.165) is 4.90 Å². The summed E-state index contributed by atoms with van der Waals surface area (Å²) < 4.78 is 36.9. The highest BCUT2D eigenvalue weighted by Crippen LogP contribution is 2.35. The minimum absolute atomic E-state index is 0.00952. The van der Waals surface area contributed by atoms with Crippen LogP contribution in [0.5, 0.6) is 5.75 Å². The largest absolute Gasteiger partial charge is 0.508 e. The zero-order valence-electron chi connectivity index (χ0n) is 12.9. The van der Waals surface area contributed by atoms with E-state index in [2.05, 4.69) is 0 Å². The van der Waals surface area contributed by atoms with Gasteiger partial charge in [-0.1, -0.05) is 6.92 Å². The molecule has 24 heavy (non-hydrogen) atoms. The van der Waals surface area contributed by atoms with Crippen molar-refractivity contribution in [2.24, 2.45) is 5.73 Å². The van der Waals surface area contributed by atoms with E-state index >= 15 is 0 Å². The molecule has 4 N–H and O–H groups in total. The van der Waals surface area contributed by atoms with Gasteiger partial charge in [-0.05, 0) is 30.2 Å². The minimum atomic E-state index is -4.55. The van der Waals surface area contributed by atoms with Gasteiger partial charge in [-0.25, -0.2) is 0 Å². The first-order chi connectivity index (χ1) is 11.1. The molecule has 0 aliphatic carbocycles. The zero-order valence-corrected chi connectivity index (χ0v) is 12.9. The van der Waals surface area contributed by atoms with Gasteiger partial charge in [0.25, 0.3) is 0 Å². The van der Waals surface area contributed by atoms with Crippen molar-refractivity contribution in [3.8, 4) is 5.75 Å². The van der Waals surface area contributed by atoms with E-state index in [9.17, 15) is 27.9 Å². The third-order valence-corrected chi connectivity index (χ3v) is 3.81. The van der Waals surface area contributed by atoms with E-state index in [0.29, 0.717) is 17.7 Å². The van der Waals surface area contributed by atoms with Crippen LogP contribution in [0.25, 0.3) is 0 Å². The van der Waals surface area contributed by atoms with Crippen molar-refractivity contribution < 1.29 is 27.9 Å². The summed E-state index contributed by atoms with van der Waals surface area (Å²) >= 11 is 0. The highest BCUT2D eigenvalue weighted by atomic mass is 19.4. The van der Waals surface area contributed by atoms with E-state index in [1.54, 1.807) is 12.2 Å². The van der Waals surface area contributed by atoms with Crippen LogP contribution >= 0.6 is 0 Å². The topological polar surface area (TPSA) is 95.7 Å². The number of nitrogens with one attached hydrogen (secondary N) is 1. The first kappa shape index (κ1) is 18.1. The second kappa shape index (κ2) is 6.68. The van der Waals surface area contributed by atoms with Crippen LogP contribution < -0.4 is 16.0 Å². The summed E-state index contributed by atoms with van der Waals surface area (Å²) in [7, 11) is 0. The van der Waals surface area contributed by atoms with Crippen LogP contribution in [-0.2, 0) is 16.0 Å². The molecule has 6 nitrogen and oxygen atoms in total. The van der Waals surface area contributed by atoms with E-state index in [-0.39, 0.29) is 12.2 Å². The maximum atomic E-state index is 12.5. The van der Waals surface area contributed by atoms with Gasteiger partial charge in [0, 0.05) is 12.1 Å². The molecule has 1 aliphatic rings. The van der Waals surface area contributed by atoms with Gasteiger partial charge in [0.05, 0.1) is 6.04 Å². The molecule has 1 heterocycles. The number of carbonyl (C=O) groups is 2. The summed E-state index contributed by atoms with van der Waals surface area (Å²) in [5.74, 6) is -1.52. The molecular formula is C15H18F3N3O3. The van der Waals surface area contributed by atoms with Crippen molar-refractivity contribution in [3.05, 3.63) is 23.8 Å². The molecule has 9 heteroatoms. The number of anilines is 1. The highest BCUT2D eigenvalue weighted by Gasteiger charge is 2.40. The van der Waals surface area contributed by atoms with Crippen molar-refractivity contribution in [1.82, 2.24) is 5.32 Å². The first-order valence-electron chi connectivity index (χ1n) is 7.39. The van der Waals surface area contributed by atoms with Gasteiger partial charge < -0.3 is 16.2 Å². The minimum Gasteiger partial charge on any atom is -0.508 e. The second-order valence-corrected chi connectivity index (χ2v) is 5.59. The van der Waals surface area contributed by atoms with Crippen LogP contribution in [0.1, 0.15) is 18.9 Å². The first-order valence-corrected chi connectivity index (χ1v) is 7.39. The fourth-order valence-corrected chi connectivity index (χ4v) is 2.58. The lowest BCUT2D eigenvalue weighted by Crippen LogP contribution is -2.53. The Hall–Kier alpha value is -2.29. The summed E-state index contributed by atoms with van der Waals surface area (Å²) in [6, 6.07) is 2.16. The van der Waals surface area contributed by atoms with Crippen molar-refractivity contribution in [3.63, 3.8) is 0 Å². The predicted octanol–water partition coefficient (Wildman–Crippen LogP) is 1.07. The monoisotopic (exact) mass is 345 g/mol.